The fraction of sp³-hybridized carbons (Fsp3) is 1.00. The summed E-state index contributed by atoms with van der Waals surface area (Å²) in [5, 5.41) is 0. The van der Waals surface area contributed by atoms with Crippen LogP contribution in [0.5, 0.6) is 0 Å². The molecule has 1 atom stereocenters. The van der Waals surface area contributed by atoms with Crippen molar-refractivity contribution in [1.82, 2.24) is 0 Å². The van der Waals surface area contributed by atoms with Gasteiger partial charge < -0.3 is 22.4 Å². The van der Waals surface area contributed by atoms with E-state index in [1.165, 1.54) is 0 Å². The minimum atomic E-state index is -4.81. The van der Waals surface area contributed by atoms with Gasteiger partial charge in [-0.1, -0.05) is 0 Å². The predicted molar refractivity (Wildman–Crippen MR) is 43.5 cm³/mol. The van der Waals surface area contributed by atoms with Crippen molar-refractivity contribution >= 4 is 6.98 Å². The number of halogens is 3. The van der Waals surface area contributed by atoms with Crippen LogP contribution in [0, 0.1) is 0 Å². The van der Waals surface area contributed by atoms with Gasteiger partial charge in [0.1, 0.15) is 0 Å². The first kappa shape index (κ1) is 15.4. The Balaban J connectivity index is 0.00000169. The van der Waals surface area contributed by atoms with E-state index < -0.39 is 13.5 Å². The van der Waals surface area contributed by atoms with Gasteiger partial charge >= 0.3 is 58.4 Å². The number of hydrogen-bond donors (Lipinski definition) is 0. The van der Waals surface area contributed by atoms with Gasteiger partial charge in [-0.15, -0.1) is 0 Å². The monoisotopic (exact) mass is 236 g/mol. The van der Waals surface area contributed by atoms with Crippen molar-refractivity contribution in [3.63, 3.8) is 0 Å². The smallest absolute Gasteiger partial charge is 0.447 e. The molecular formula is C7H13BF3KO2. The van der Waals surface area contributed by atoms with Gasteiger partial charge in [-0.05, 0) is 19.3 Å². The van der Waals surface area contributed by atoms with Gasteiger partial charge in [-0.3, -0.25) is 0 Å². The minimum Gasteiger partial charge on any atom is -0.447 e. The van der Waals surface area contributed by atoms with Crippen molar-refractivity contribution in [2.24, 2.45) is 0 Å². The molecule has 1 aliphatic rings. The quantitative estimate of drug-likeness (QED) is 0.581. The van der Waals surface area contributed by atoms with Gasteiger partial charge in [0.25, 0.3) is 0 Å². The Morgan fingerprint density at radius 2 is 2.00 bits per heavy atom. The minimum absolute atomic E-state index is 0. The van der Waals surface area contributed by atoms with Crippen LogP contribution in [0.3, 0.4) is 0 Å². The Morgan fingerprint density at radius 1 is 1.29 bits per heavy atom. The maximum Gasteiger partial charge on any atom is 1.00 e. The van der Waals surface area contributed by atoms with Gasteiger partial charge in [0, 0.05) is 13.1 Å². The third-order valence-corrected chi connectivity index (χ3v) is 1.88. The van der Waals surface area contributed by atoms with Crippen LogP contribution in [0.4, 0.5) is 12.9 Å². The molecule has 2 nitrogen and oxygen atoms in total. The maximum atomic E-state index is 11.7. The third kappa shape index (κ3) is 7.67. The van der Waals surface area contributed by atoms with Crippen molar-refractivity contribution in [3.05, 3.63) is 0 Å². The Labute approximate surface area is 124 Å². The van der Waals surface area contributed by atoms with E-state index in [0.29, 0.717) is 6.61 Å². The average Bonchev–Trinajstić information content (AvgIpc) is 2.04. The van der Waals surface area contributed by atoms with Crippen molar-refractivity contribution in [2.75, 3.05) is 19.7 Å². The van der Waals surface area contributed by atoms with E-state index in [-0.39, 0.29) is 64.1 Å². The first-order chi connectivity index (χ1) is 6.08. The molecule has 1 fully saturated rings. The Hall–Kier alpha value is 1.41. The van der Waals surface area contributed by atoms with Crippen LogP contribution in [-0.4, -0.2) is 32.8 Å². The molecule has 1 saturated heterocycles. The van der Waals surface area contributed by atoms with E-state index in [2.05, 4.69) is 4.74 Å². The summed E-state index contributed by atoms with van der Waals surface area (Å²) in [5.41, 5.74) is 0. The summed E-state index contributed by atoms with van der Waals surface area (Å²) < 4.78 is 44.8. The van der Waals surface area contributed by atoms with Gasteiger partial charge in [-0.25, -0.2) is 0 Å². The molecule has 0 bridgehead atoms. The van der Waals surface area contributed by atoms with Crippen LogP contribution in [-0.2, 0) is 9.47 Å². The molecule has 1 aliphatic heterocycles. The van der Waals surface area contributed by atoms with E-state index in [9.17, 15) is 12.9 Å². The molecule has 0 aromatic carbocycles. The van der Waals surface area contributed by atoms with E-state index in [1.54, 1.807) is 0 Å². The van der Waals surface area contributed by atoms with Crippen LogP contribution in [0.1, 0.15) is 19.3 Å². The summed E-state index contributed by atoms with van der Waals surface area (Å²) in [6.45, 7) is -5.21. The summed E-state index contributed by atoms with van der Waals surface area (Å²) in [4.78, 5) is 0. The second-order valence-corrected chi connectivity index (χ2v) is 3.24. The molecule has 1 unspecified atom stereocenters. The van der Waals surface area contributed by atoms with Crippen LogP contribution in [0.15, 0.2) is 0 Å². The summed E-state index contributed by atoms with van der Waals surface area (Å²) in [7, 11) is 0. The van der Waals surface area contributed by atoms with Gasteiger partial charge in [0.15, 0.2) is 0 Å². The molecule has 0 spiro atoms. The first-order valence-electron chi connectivity index (χ1n) is 4.48. The topological polar surface area (TPSA) is 18.5 Å². The Morgan fingerprint density at radius 3 is 2.50 bits per heavy atom. The summed E-state index contributed by atoms with van der Waals surface area (Å²) in [5.74, 6) is 0. The van der Waals surface area contributed by atoms with E-state index in [4.69, 9.17) is 4.74 Å². The molecule has 0 aromatic rings. The molecule has 7 heteroatoms. The molecule has 0 N–H and O–H groups in total. The number of rotatable bonds is 4. The zero-order valence-electron chi connectivity index (χ0n) is 8.35. The zero-order valence-corrected chi connectivity index (χ0v) is 11.5. The Kier molecular flexibility index (Phi) is 8.42. The predicted octanol–water partition coefficient (Wildman–Crippen LogP) is -1.04. The molecule has 1 rings (SSSR count). The normalized spacial score (nSPS) is 22.9. The van der Waals surface area contributed by atoms with Crippen LogP contribution >= 0.6 is 0 Å². The maximum absolute atomic E-state index is 11.7. The molecule has 0 amide bonds. The number of hydrogen-bond acceptors (Lipinski definition) is 2. The van der Waals surface area contributed by atoms with Gasteiger partial charge in [0.05, 0.1) is 12.7 Å². The molecule has 0 aliphatic carbocycles. The molecule has 14 heavy (non-hydrogen) atoms. The van der Waals surface area contributed by atoms with Crippen LogP contribution in [0.2, 0.25) is 0 Å². The fourth-order valence-corrected chi connectivity index (χ4v) is 1.27. The second kappa shape index (κ2) is 7.65. The summed E-state index contributed by atoms with van der Waals surface area (Å²) >= 11 is 0. The molecular weight excluding hydrogens is 223 g/mol. The van der Waals surface area contributed by atoms with Crippen molar-refractivity contribution < 1.29 is 73.8 Å². The van der Waals surface area contributed by atoms with Crippen LogP contribution < -0.4 is 51.4 Å². The standard InChI is InChI=1S/C7H13BF3O2.K/c9-8(10,11)6-12-5-7-3-1-2-4-13-7;/h7H,1-6H2;/q-1;+1. The average molecular weight is 236 g/mol. The second-order valence-electron chi connectivity index (χ2n) is 3.24. The SMILES string of the molecule is F[B-](F)(F)COCC1CCCCO1.[K+]. The van der Waals surface area contributed by atoms with Gasteiger partial charge in [-0.2, -0.15) is 0 Å². The number of ether oxygens (including phenoxy) is 2. The Bertz CT molecular complexity index is 150. The van der Waals surface area contributed by atoms with Gasteiger partial charge in [0.2, 0.25) is 0 Å². The zero-order chi connectivity index (χ0) is 9.73. The molecule has 0 saturated carbocycles. The largest absolute Gasteiger partial charge is 1.00 e. The first-order valence-corrected chi connectivity index (χ1v) is 4.48. The van der Waals surface area contributed by atoms with Crippen molar-refractivity contribution in [1.29, 1.82) is 0 Å². The molecule has 0 aromatic heterocycles. The molecule has 0 radical (unpaired) electrons. The fourth-order valence-electron chi connectivity index (χ4n) is 1.27. The van der Waals surface area contributed by atoms with E-state index in [1.807, 2.05) is 0 Å². The summed E-state index contributed by atoms with van der Waals surface area (Å²) in [6.07, 6.45) is 2.70. The van der Waals surface area contributed by atoms with Crippen molar-refractivity contribution in [2.45, 2.75) is 25.4 Å². The molecule has 1 heterocycles. The third-order valence-electron chi connectivity index (χ3n) is 1.88. The van der Waals surface area contributed by atoms with Crippen molar-refractivity contribution in [3.8, 4) is 0 Å². The molecule has 78 valence electrons. The van der Waals surface area contributed by atoms with Crippen LogP contribution in [0.25, 0.3) is 0 Å². The van der Waals surface area contributed by atoms with E-state index in [0.717, 1.165) is 19.3 Å². The summed E-state index contributed by atoms with van der Waals surface area (Å²) in [6, 6.07) is 0. The van der Waals surface area contributed by atoms with E-state index >= 15 is 0 Å².